The molecule has 6 heteroatoms. The van der Waals surface area contributed by atoms with E-state index < -0.39 is 22.6 Å². The molecule has 186 valence electrons. The van der Waals surface area contributed by atoms with Gasteiger partial charge in [0.05, 0.1) is 18.1 Å². The monoisotopic (exact) mass is 491 g/mol. The summed E-state index contributed by atoms with van der Waals surface area (Å²) in [6.45, 7) is 1.96. The molecule has 0 spiro atoms. The molecule has 3 aliphatic carbocycles. The van der Waals surface area contributed by atoms with Crippen LogP contribution in [0.2, 0.25) is 0 Å². The number of carbonyl (C=O) groups is 1. The fourth-order valence-corrected chi connectivity index (χ4v) is 7.64. The molecule has 36 heavy (non-hydrogen) atoms. The van der Waals surface area contributed by atoms with Crippen molar-refractivity contribution in [2.45, 2.75) is 36.9 Å². The van der Waals surface area contributed by atoms with Gasteiger partial charge in [0.15, 0.2) is 0 Å². The number of alkyl halides is 3. The van der Waals surface area contributed by atoms with Crippen molar-refractivity contribution in [3.8, 4) is 0 Å². The minimum Gasteiger partial charge on any atom is -0.469 e. The first kappa shape index (κ1) is 23.3. The smallest absolute Gasteiger partial charge is 0.416 e. The fraction of sp³-hybridized carbons (Fsp3) is 0.367. The SMILES string of the molecule is COC(=O)C12CN(Cc3ccccc3)CC1C1(c3ccc(C(F)(F)F)cc3)CCC2c2ccccc21. The number of benzene rings is 3. The molecule has 7 rings (SSSR count). The number of esters is 1. The van der Waals surface area contributed by atoms with Crippen molar-refractivity contribution in [1.29, 1.82) is 0 Å². The van der Waals surface area contributed by atoms with Crippen molar-refractivity contribution in [3.05, 3.63) is 107 Å². The van der Waals surface area contributed by atoms with Gasteiger partial charge in [-0.25, -0.2) is 0 Å². The summed E-state index contributed by atoms with van der Waals surface area (Å²) in [6, 6.07) is 24.0. The summed E-state index contributed by atoms with van der Waals surface area (Å²) in [6.07, 6.45) is -2.81. The largest absolute Gasteiger partial charge is 0.469 e. The summed E-state index contributed by atoms with van der Waals surface area (Å²) in [5.41, 5.74) is 2.33. The molecular formula is C30H28F3NO2. The Balaban J connectivity index is 1.53. The Morgan fingerprint density at radius 2 is 1.69 bits per heavy atom. The van der Waals surface area contributed by atoms with Gasteiger partial charge in [0, 0.05) is 36.9 Å². The van der Waals surface area contributed by atoms with Crippen LogP contribution in [-0.4, -0.2) is 31.1 Å². The number of hydrogen-bond acceptors (Lipinski definition) is 3. The Kier molecular flexibility index (Phi) is 5.31. The van der Waals surface area contributed by atoms with Crippen molar-refractivity contribution >= 4 is 5.97 Å². The molecule has 4 unspecified atom stereocenters. The van der Waals surface area contributed by atoms with Crippen LogP contribution in [0.1, 0.15) is 46.6 Å². The summed E-state index contributed by atoms with van der Waals surface area (Å²) < 4.78 is 45.7. The number of carbonyl (C=O) groups excluding carboxylic acids is 1. The summed E-state index contributed by atoms with van der Waals surface area (Å²) in [5, 5.41) is 0. The zero-order valence-electron chi connectivity index (χ0n) is 20.1. The first-order valence-corrected chi connectivity index (χ1v) is 12.4. The van der Waals surface area contributed by atoms with Crippen LogP contribution in [-0.2, 0) is 27.7 Å². The van der Waals surface area contributed by atoms with Crippen LogP contribution in [0, 0.1) is 11.3 Å². The molecule has 4 aliphatic rings. The molecule has 2 bridgehead atoms. The number of hydrogen-bond donors (Lipinski definition) is 0. The molecule has 4 atom stereocenters. The molecule has 0 N–H and O–H groups in total. The predicted molar refractivity (Wildman–Crippen MR) is 130 cm³/mol. The van der Waals surface area contributed by atoms with Gasteiger partial charge < -0.3 is 4.74 Å². The van der Waals surface area contributed by atoms with E-state index in [0.29, 0.717) is 19.6 Å². The summed E-state index contributed by atoms with van der Waals surface area (Å²) in [7, 11) is 1.45. The Hall–Kier alpha value is -3.12. The quantitative estimate of drug-likeness (QED) is 0.409. The number of nitrogens with zero attached hydrogens (tertiary/aromatic N) is 1. The topological polar surface area (TPSA) is 29.5 Å². The zero-order chi connectivity index (χ0) is 25.1. The van der Waals surface area contributed by atoms with Gasteiger partial charge in [-0.15, -0.1) is 0 Å². The van der Waals surface area contributed by atoms with Crippen molar-refractivity contribution in [3.63, 3.8) is 0 Å². The maximum atomic E-state index is 13.7. The number of ether oxygens (including phenoxy) is 1. The third-order valence-corrected chi connectivity index (χ3v) is 8.95. The Bertz CT molecular complexity index is 1290. The molecule has 1 saturated heterocycles. The van der Waals surface area contributed by atoms with Crippen LogP contribution in [0.15, 0.2) is 78.9 Å². The lowest BCUT2D eigenvalue weighted by atomic mass is 9.42. The highest BCUT2D eigenvalue weighted by Crippen LogP contribution is 2.69. The van der Waals surface area contributed by atoms with Crippen molar-refractivity contribution in [2.24, 2.45) is 11.3 Å². The first-order valence-electron chi connectivity index (χ1n) is 12.4. The summed E-state index contributed by atoms with van der Waals surface area (Å²) in [4.78, 5) is 16.1. The highest BCUT2D eigenvalue weighted by molar-refractivity contribution is 5.82. The van der Waals surface area contributed by atoms with E-state index in [2.05, 4.69) is 29.2 Å². The lowest BCUT2D eigenvalue weighted by Gasteiger charge is -2.59. The van der Waals surface area contributed by atoms with Crippen LogP contribution in [0.4, 0.5) is 13.2 Å². The molecule has 2 fully saturated rings. The Morgan fingerprint density at radius 1 is 1.00 bits per heavy atom. The van der Waals surface area contributed by atoms with Gasteiger partial charge in [0.1, 0.15) is 0 Å². The standard InChI is InChI=1S/C30H28F3NO2/c1-36-27(35)29-19-34(17-20-7-3-2-4-8-20)18-26(29)28(21-11-13-22(14-12-21)30(31,32)33)16-15-25(29)23-9-5-6-10-24(23)28/h2-14,25-26H,15-19H2,1H3. The molecule has 0 amide bonds. The zero-order valence-corrected chi connectivity index (χ0v) is 20.1. The molecule has 1 saturated carbocycles. The minimum absolute atomic E-state index is 0.0169. The molecule has 3 aromatic rings. The number of likely N-dealkylation sites (tertiary alicyclic amines) is 1. The molecule has 0 aromatic heterocycles. The maximum Gasteiger partial charge on any atom is 0.416 e. The summed E-state index contributed by atoms with van der Waals surface area (Å²) in [5.74, 6) is -0.298. The van der Waals surface area contributed by atoms with Crippen LogP contribution in [0.25, 0.3) is 0 Å². The lowest BCUT2D eigenvalue weighted by molar-refractivity contribution is -0.161. The molecule has 3 aromatic carbocycles. The van der Waals surface area contributed by atoms with Crippen molar-refractivity contribution < 1.29 is 22.7 Å². The van der Waals surface area contributed by atoms with E-state index in [1.807, 2.05) is 30.3 Å². The second-order valence-electron chi connectivity index (χ2n) is 10.5. The van der Waals surface area contributed by atoms with Gasteiger partial charge in [-0.2, -0.15) is 13.2 Å². The van der Waals surface area contributed by atoms with E-state index in [1.54, 1.807) is 12.1 Å². The number of rotatable bonds is 4. The van der Waals surface area contributed by atoms with E-state index in [4.69, 9.17) is 4.74 Å². The van der Waals surface area contributed by atoms with E-state index in [1.165, 1.54) is 24.8 Å². The fourth-order valence-electron chi connectivity index (χ4n) is 7.64. The van der Waals surface area contributed by atoms with Gasteiger partial charge in [0.25, 0.3) is 0 Å². The highest BCUT2D eigenvalue weighted by atomic mass is 19.4. The maximum absolute atomic E-state index is 13.7. The van der Waals surface area contributed by atoms with E-state index in [-0.39, 0.29) is 17.8 Å². The van der Waals surface area contributed by atoms with Gasteiger partial charge in [0.2, 0.25) is 0 Å². The van der Waals surface area contributed by atoms with Gasteiger partial charge >= 0.3 is 12.1 Å². The average Bonchev–Trinajstić information content (AvgIpc) is 3.30. The van der Waals surface area contributed by atoms with Gasteiger partial charge in [-0.3, -0.25) is 9.69 Å². The van der Waals surface area contributed by atoms with Crippen LogP contribution >= 0.6 is 0 Å². The third kappa shape index (κ3) is 3.20. The van der Waals surface area contributed by atoms with E-state index in [0.717, 1.165) is 29.5 Å². The van der Waals surface area contributed by atoms with E-state index >= 15 is 0 Å². The molecule has 1 aliphatic heterocycles. The predicted octanol–water partition coefficient (Wildman–Crippen LogP) is 6.17. The second kappa shape index (κ2) is 8.20. The number of halogens is 3. The van der Waals surface area contributed by atoms with Gasteiger partial charge in [-0.05, 0) is 47.2 Å². The number of fused-ring (bicyclic) bond motifs is 1. The average molecular weight is 492 g/mol. The molecule has 3 nitrogen and oxygen atoms in total. The van der Waals surface area contributed by atoms with Gasteiger partial charge in [-0.1, -0.05) is 66.7 Å². The van der Waals surface area contributed by atoms with Crippen molar-refractivity contribution in [1.82, 2.24) is 4.90 Å². The van der Waals surface area contributed by atoms with E-state index in [9.17, 15) is 18.0 Å². The molecule has 0 radical (unpaired) electrons. The lowest BCUT2D eigenvalue weighted by Crippen LogP contribution is -2.60. The van der Waals surface area contributed by atoms with Crippen LogP contribution < -0.4 is 0 Å². The normalized spacial score (nSPS) is 29.0. The second-order valence-corrected chi connectivity index (χ2v) is 10.5. The number of methoxy groups -OCH3 is 1. The van der Waals surface area contributed by atoms with Crippen LogP contribution in [0.3, 0.4) is 0 Å². The minimum atomic E-state index is -4.39. The third-order valence-electron chi connectivity index (χ3n) is 8.95. The molecular weight excluding hydrogens is 463 g/mol. The van der Waals surface area contributed by atoms with Crippen molar-refractivity contribution in [2.75, 3.05) is 20.2 Å². The van der Waals surface area contributed by atoms with Crippen LogP contribution in [0.5, 0.6) is 0 Å². The molecule has 1 heterocycles. The summed E-state index contributed by atoms with van der Waals surface area (Å²) >= 11 is 0. The first-order chi connectivity index (χ1) is 17.3. The highest BCUT2D eigenvalue weighted by Gasteiger charge is 2.70. The Labute approximate surface area is 208 Å². The Morgan fingerprint density at radius 3 is 2.39 bits per heavy atom.